The Morgan fingerprint density at radius 2 is 1.93 bits per heavy atom. The van der Waals surface area contributed by atoms with Crippen molar-refractivity contribution in [3.05, 3.63) is 0 Å². The zero-order valence-electron chi connectivity index (χ0n) is 10.6. The van der Waals surface area contributed by atoms with Crippen molar-refractivity contribution < 1.29 is 0 Å². The second-order valence-corrected chi connectivity index (χ2v) is 5.11. The molecule has 86 valence electrons. The fourth-order valence-electron chi connectivity index (χ4n) is 1.99. The third kappa shape index (κ3) is 6.39. The first-order valence-corrected chi connectivity index (χ1v) is 5.88. The molecule has 0 aromatic carbocycles. The molecule has 0 rings (SSSR count). The predicted molar refractivity (Wildman–Crippen MR) is 64.5 cm³/mol. The summed E-state index contributed by atoms with van der Waals surface area (Å²) in [6.45, 7) is 11.1. The summed E-state index contributed by atoms with van der Waals surface area (Å²) in [5.41, 5.74) is 6.19. The molecule has 0 saturated carbocycles. The summed E-state index contributed by atoms with van der Waals surface area (Å²) < 4.78 is 0. The summed E-state index contributed by atoms with van der Waals surface area (Å²) in [7, 11) is 2.17. The molecule has 0 aromatic heterocycles. The van der Waals surface area contributed by atoms with E-state index >= 15 is 0 Å². The molecule has 0 aliphatic rings. The number of hydrogen-bond donors (Lipinski definition) is 1. The van der Waals surface area contributed by atoms with E-state index in [1.165, 1.54) is 12.8 Å². The van der Waals surface area contributed by atoms with E-state index in [-0.39, 0.29) is 5.54 Å². The number of hydrogen-bond acceptors (Lipinski definition) is 2. The summed E-state index contributed by atoms with van der Waals surface area (Å²) >= 11 is 0. The van der Waals surface area contributed by atoms with Gasteiger partial charge in [0.1, 0.15) is 0 Å². The lowest BCUT2D eigenvalue weighted by Gasteiger charge is -2.31. The molecular formula is C12H28N2. The molecule has 2 unspecified atom stereocenters. The minimum atomic E-state index is -0.0169. The molecule has 0 heterocycles. The van der Waals surface area contributed by atoms with Crippen LogP contribution in [0.25, 0.3) is 0 Å². The predicted octanol–water partition coefficient (Wildman–Crippen LogP) is 2.48. The highest BCUT2D eigenvalue weighted by atomic mass is 15.1. The number of nitrogens with zero attached hydrogens (tertiary/aromatic N) is 1. The van der Waals surface area contributed by atoms with Crippen LogP contribution in [0.3, 0.4) is 0 Å². The van der Waals surface area contributed by atoms with E-state index in [1.807, 2.05) is 0 Å². The van der Waals surface area contributed by atoms with Gasteiger partial charge in [0.15, 0.2) is 0 Å². The standard InChI is InChI=1S/C12H28N2/c1-6-8-12(4,13)10-14(5)9-11(3)7-2/h11H,6-10,13H2,1-5H3. The lowest BCUT2D eigenvalue weighted by Crippen LogP contribution is -2.47. The van der Waals surface area contributed by atoms with Crippen LogP contribution >= 0.6 is 0 Å². The summed E-state index contributed by atoms with van der Waals surface area (Å²) in [5, 5.41) is 0. The van der Waals surface area contributed by atoms with E-state index in [0.29, 0.717) is 0 Å². The van der Waals surface area contributed by atoms with Gasteiger partial charge in [0.05, 0.1) is 0 Å². The van der Waals surface area contributed by atoms with E-state index in [9.17, 15) is 0 Å². The largest absolute Gasteiger partial charge is 0.324 e. The van der Waals surface area contributed by atoms with E-state index in [1.54, 1.807) is 0 Å². The highest BCUT2D eigenvalue weighted by Gasteiger charge is 2.19. The van der Waals surface area contributed by atoms with E-state index in [4.69, 9.17) is 5.73 Å². The van der Waals surface area contributed by atoms with Crippen LogP contribution in [0, 0.1) is 5.92 Å². The Hall–Kier alpha value is -0.0800. The molecule has 14 heavy (non-hydrogen) atoms. The van der Waals surface area contributed by atoms with Crippen LogP contribution in [0.5, 0.6) is 0 Å². The topological polar surface area (TPSA) is 29.3 Å². The van der Waals surface area contributed by atoms with Crippen LogP contribution in [0.4, 0.5) is 0 Å². The van der Waals surface area contributed by atoms with Crippen LogP contribution in [-0.4, -0.2) is 30.6 Å². The Labute approximate surface area is 89.9 Å². The number of likely N-dealkylation sites (N-methyl/N-ethyl adjacent to an activating group) is 1. The third-order valence-corrected chi connectivity index (χ3v) is 2.77. The Kier molecular flexibility index (Phi) is 6.38. The zero-order chi connectivity index (χ0) is 11.2. The number of nitrogens with two attached hydrogens (primary N) is 1. The summed E-state index contributed by atoms with van der Waals surface area (Å²) in [4.78, 5) is 2.36. The molecule has 0 aliphatic carbocycles. The summed E-state index contributed by atoms with van der Waals surface area (Å²) in [5.74, 6) is 0.775. The fraction of sp³-hybridized carbons (Fsp3) is 1.00. The molecule has 0 fully saturated rings. The molecule has 0 spiro atoms. The van der Waals surface area contributed by atoms with Crippen LogP contribution in [-0.2, 0) is 0 Å². The minimum absolute atomic E-state index is 0.0169. The zero-order valence-corrected chi connectivity index (χ0v) is 10.6. The highest BCUT2D eigenvalue weighted by molar-refractivity contribution is 4.81. The van der Waals surface area contributed by atoms with Crippen molar-refractivity contribution in [2.24, 2.45) is 11.7 Å². The van der Waals surface area contributed by atoms with Gasteiger partial charge in [-0.05, 0) is 26.3 Å². The Bertz CT molecular complexity index is 143. The molecule has 0 bridgehead atoms. The second kappa shape index (κ2) is 6.41. The Balaban J connectivity index is 3.85. The molecule has 0 saturated heterocycles. The first-order valence-electron chi connectivity index (χ1n) is 5.88. The van der Waals surface area contributed by atoms with Crippen molar-refractivity contribution >= 4 is 0 Å². The van der Waals surface area contributed by atoms with Gasteiger partial charge in [-0.1, -0.05) is 33.6 Å². The maximum atomic E-state index is 6.20. The van der Waals surface area contributed by atoms with Crippen molar-refractivity contribution in [3.8, 4) is 0 Å². The fourth-order valence-corrected chi connectivity index (χ4v) is 1.99. The normalized spacial score (nSPS) is 18.2. The minimum Gasteiger partial charge on any atom is -0.324 e. The molecule has 0 radical (unpaired) electrons. The molecule has 2 atom stereocenters. The quantitative estimate of drug-likeness (QED) is 0.684. The maximum Gasteiger partial charge on any atom is 0.0254 e. The molecule has 2 heteroatoms. The van der Waals surface area contributed by atoms with Crippen LogP contribution < -0.4 is 5.73 Å². The first kappa shape index (κ1) is 13.9. The van der Waals surface area contributed by atoms with E-state index in [2.05, 4.69) is 39.6 Å². The van der Waals surface area contributed by atoms with Gasteiger partial charge in [-0.3, -0.25) is 0 Å². The Morgan fingerprint density at radius 3 is 2.36 bits per heavy atom. The third-order valence-electron chi connectivity index (χ3n) is 2.77. The van der Waals surface area contributed by atoms with E-state index < -0.39 is 0 Å². The lowest BCUT2D eigenvalue weighted by atomic mass is 9.96. The van der Waals surface area contributed by atoms with Gasteiger partial charge in [0.2, 0.25) is 0 Å². The van der Waals surface area contributed by atoms with Gasteiger partial charge < -0.3 is 10.6 Å². The molecular weight excluding hydrogens is 172 g/mol. The van der Waals surface area contributed by atoms with Crippen LogP contribution in [0.1, 0.15) is 47.0 Å². The van der Waals surface area contributed by atoms with Gasteiger partial charge in [0.25, 0.3) is 0 Å². The van der Waals surface area contributed by atoms with Crippen LogP contribution in [0.15, 0.2) is 0 Å². The molecule has 0 aromatic rings. The molecule has 0 aliphatic heterocycles. The average molecular weight is 200 g/mol. The van der Waals surface area contributed by atoms with Gasteiger partial charge >= 0.3 is 0 Å². The SMILES string of the molecule is CCCC(C)(N)CN(C)CC(C)CC. The highest BCUT2D eigenvalue weighted by Crippen LogP contribution is 2.11. The molecule has 2 N–H and O–H groups in total. The van der Waals surface area contributed by atoms with Gasteiger partial charge in [0, 0.05) is 18.6 Å². The summed E-state index contributed by atoms with van der Waals surface area (Å²) in [6.07, 6.45) is 3.53. The summed E-state index contributed by atoms with van der Waals surface area (Å²) in [6, 6.07) is 0. The second-order valence-electron chi connectivity index (χ2n) is 5.11. The van der Waals surface area contributed by atoms with Crippen molar-refractivity contribution in [2.45, 2.75) is 52.5 Å². The van der Waals surface area contributed by atoms with Gasteiger partial charge in [-0.25, -0.2) is 0 Å². The van der Waals surface area contributed by atoms with Crippen molar-refractivity contribution in [3.63, 3.8) is 0 Å². The van der Waals surface area contributed by atoms with Gasteiger partial charge in [-0.2, -0.15) is 0 Å². The number of rotatable bonds is 7. The van der Waals surface area contributed by atoms with Crippen molar-refractivity contribution in [1.82, 2.24) is 4.90 Å². The molecule has 0 amide bonds. The lowest BCUT2D eigenvalue weighted by molar-refractivity contribution is 0.220. The van der Waals surface area contributed by atoms with Gasteiger partial charge in [-0.15, -0.1) is 0 Å². The van der Waals surface area contributed by atoms with Crippen molar-refractivity contribution in [2.75, 3.05) is 20.1 Å². The average Bonchev–Trinajstić information content (AvgIpc) is 2.02. The Morgan fingerprint density at radius 1 is 1.36 bits per heavy atom. The maximum absolute atomic E-state index is 6.20. The van der Waals surface area contributed by atoms with E-state index in [0.717, 1.165) is 25.4 Å². The first-order chi connectivity index (χ1) is 6.41. The monoisotopic (exact) mass is 200 g/mol. The van der Waals surface area contributed by atoms with Crippen molar-refractivity contribution in [1.29, 1.82) is 0 Å². The van der Waals surface area contributed by atoms with Crippen LogP contribution in [0.2, 0.25) is 0 Å². The molecule has 2 nitrogen and oxygen atoms in total. The smallest absolute Gasteiger partial charge is 0.0254 e.